The normalized spacial score (nSPS) is 12.5. The number of carbonyl (C=O) groups excluding carboxylic acids is 3. The van der Waals surface area contributed by atoms with Crippen molar-refractivity contribution in [2.75, 3.05) is 18.7 Å². The first-order valence-electron chi connectivity index (χ1n) is 9.88. The Morgan fingerprint density at radius 2 is 1.56 bits per heavy atom. The van der Waals surface area contributed by atoms with Crippen LogP contribution in [0.15, 0.2) is 78.9 Å². The Balaban J connectivity index is 1.43. The summed E-state index contributed by atoms with van der Waals surface area (Å²) < 4.78 is 16.0. The summed E-state index contributed by atoms with van der Waals surface area (Å²) in [7, 11) is 0. The molecule has 0 radical (unpaired) electrons. The summed E-state index contributed by atoms with van der Waals surface area (Å²) in [6.45, 7) is -0.264. The van der Waals surface area contributed by atoms with Crippen molar-refractivity contribution in [3.05, 3.63) is 90.0 Å². The van der Waals surface area contributed by atoms with E-state index in [0.29, 0.717) is 28.3 Å². The summed E-state index contributed by atoms with van der Waals surface area (Å²) in [6.07, 6.45) is -1.21. The zero-order valence-corrected chi connectivity index (χ0v) is 16.9. The molecule has 32 heavy (non-hydrogen) atoms. The predicted octanol–water partition coefficient (Wildman–Crippen LogP) is 3.07. The lowest BCUT2D eigenvalue weighted by Crippen LogP contribution is -2.33. The van der Waals surface area contributed by atoms with E-state index in [1.807, 2.05) is 0 Å². The molecule has 0 saturated carbocycles. The number of ether oxygens (including phenoxy) is 3. The van der Waals surface area contributed by atoms with E-state index in [4.69, 9.17) is 14.2 Å². The van der Waals surface area contributed by atoms with E-state index in [2.05, 4.69) is 10.6 Å². The molecule has 3 aromatic carbocycles. The highest BCUT2D eigenvalue weighted by atomic mass is 16.7. The molecule has 2 amide bonds. The fraction of sp³-hybridized carbons (Fsp3) is 0.125. The standard InChI is InChI=1S/C24H20N2O6/c27-21(14-25-23(28)17-9-5-2-6-10-17)32-22(16-7-3-1-4-8-16)24(29)26-18-11-12-19-20(13-18)31-15-30-19/h1-13,22H,14-15H2,(H,25,28)(H,26,29). The van der Waals surface area contributed by atoms with Crippen molar-refractivity contribution in [2.24, 2.45) is 0 Å². The molecule has 0 saturated heterocycles. The molecule has 8 heteroatoms. The highest BCUT2D eigenvalue weighted by Gasteiger charge is 2.26. The number of anilines is 1. The van der Waals surface area contributed by atoms with Gasteiger partial charge in [-0.2, -0.15) is 0 Å². The van der Waals surface area contributed by atoms with Gasteiger partial charge in [-0.3, -0.25) is 14.4 Å². The summed E-state index contributed by atoms with van der Waals surface area (Å²) in [6, 6.07) is 22.1. The van der Waals surface area contributed by atoms with E-state index < -0.39 is 23.9 Å². The van der Waals surface area contributed by atoms with Crippen molar-refractivity contribution in [3.63, 3.8) is 0 Å². The molecule has 1 atom stereocenters. The minimum atomic E-state index is -1.21. The van der Waals surface area contributed by atoms with Gasteiger partial charge < -0.3 is 24.8 Å². The molecule has 1 heterocycles. The molecular weight excluding hydrogens is 412 g/mol. The zero-order valence-electron chi connectivity index (χ0n) is 16.9. The Bertz CT molecular complexity index is 1120. The maximum absolute atomic E-state index is 13.0. The van der Waals surface area contributed by atoms with Crippen LogP contribution in [0.3, 0.4) is 0 Å². The molecule has 0 spiro atoms. The van der Waals surface area contributed by atoms with E-state index in [9.17, 15) is 14.4 Å². The van der Waals surface area contributed by atoms with Crippen LogP contribution in [0.5, 0.6) is 11.5 Å². The predicted molar refractivity (Wildman–Crippen MR) is 115 cm³/mol. The minimum absolute atomic E-state index is 0.117. The first-order valence-corrected chi connectivity index (χ1v) is 9.88. The van der Waals surface area contributed by atoms with E-state index in [1.54, 1.807) is 78.9 Å². The van der Waals surface area contributed by atoms with Gasteiger partial charge in [-0.05, 0) is 24.3 Å². The average Bonchev–Trinajstić information content (AvgIpc) is 3.30. The lowest BCUT2D eigenvalue weighted by atomic mass is 10.1. The molecular formula is C24H20N2O6. The third-order valence-electron chi connectivity index (χ3n) is 4.66. The van der Waals surface area contributed by atoms with Crippen LogP contribution in [-0.4, -0.2) is 31.1 Å². The molecule has 1 aliphatic heterocycles. The summed E-state index contributed by atoms with van der Waals surface area (Å²) in [4.78, 5) is 37.5. The van der Waals surface area contributed by atoms with Crippen molar-refractivity contribution in [1.29, 1.82) is 0 Å². The van der Waals surface area contributed by atoms with Gasteiger partial charge in [0.05, 0.1) is 0 Å². The van der Waals surface area contributed by atoms with Crippen LogP contribution in [0.2, 0.25) is 0 Å². The molecule has 4 rings (SSSR count). The maximum atomic E-state index is 13.0. The van der Waals surface area contributed by atoms with Crippen LogP contribution in [-0.2, 0) is 14.3 Å². The quantitative estimate of drug-likeness (QED) is 0.557. The highest BCUT2D eigenvalue weighted by Crippen LogP contribution is 2.34. The Hall–Kier alpha value is -4.33. The van der Waals surface area contributed by atoms with Gasteiger partial charge in [0.1, 0.15) is 6.54 Å². The zero-order chi connectivity index (χ0) is 22.3. The number of hydrogen-bond acceptors (Lipinski definition) is 6. The largest absolute Gasteiger partial charge is 0.454 e. The number of benzene rings is 3. The second-order valence-corrected chi connectivity index (χ2v) is 6.89. The Morgan fingerprint density at radius 1 is 0.875 bits per heavy atom. The third-order valence-corrected chi connectivity index (χ3v) is 4.66. The van der Waals surface area contributed by atoms with E-state index in [0.717, 1.165) is 0 Å². The smallest absolute Gasteiger partial charge is 0.326 e. The van der Waals surface area contributed by atoms with E-state index in [1.165, 1.54) is 0 Å². The van der Waals surface area contributed by atoms with Gasteiger partial charge in [-0.1, -0.05) is 48.5 Å². The summed E-state index contributed by atoms with van der Waals surface area (Å²) in [5.74, 6) is -0.603. The van der Waals surface area contributed by atoms with Crippen molar-refractivity contribution >= 4 is 23.5 Å². The molecule has 3 aromatic rings. The number of nitrogens with one attached hydrogen (secondary N) is 2. The Kier molecular flexibility index (Phi) is 6.31. The van der Waals surface area contributed by atoms with Crippen LogP contribution in [0, 0.1) is 0 Å². The molecule has 0 bridgehead atoms. The minimum Gasteiger partial charge on any atom is -0.454 e. The van der Waals surface area contributed by atoms with Gasteiger partial charge in [-0.15, -0.1) is 0 Å². The van der Waals surface area contributed by atoms with Gasteiger partial charge >= 0.3 is 5.97 Å². The van der Waals surface area contributed by atoms with Gasteiger partial charge in [0.15, 0.2) is 11.5 Å². The van der Waals surface area contributed by atoms with Crippen molar-refractivity contribution in [2.45, 2.75) is 6.10 Å². The molecule has 2 N–H and O–H groups in total. The number of esters is 1. The first-order chi connectivity index (χ1) is 15.6. The lowest BCUT2D eigenvalue weighted by Gasteiger charge is -2.18. The molecule has 0 aliphatic carbocycles. The Labute approximate surface area is 184 Å². The second kappa shape index (κ2) is 9.65. The SMILES string of the molecule is O=C(CNC(=O)c1ccccc1)OC(C(=O)Nc1ccc2c(c1)OCO2)c1ccccc1. The molecule has 8 nitrogen and oxygen atoms in total. The van der Waals surface area contributed by atoms with Crippen LogP contribution >= 0.6 is 0 Å². The van der Waals surface area contributed by atoms with Crippen molar-refractivity contribution < 1.29 is 28.6 Å². The summed E-state index contributed by atoms with van der Waals surface area (Å²) in [5, 5.41) is 5.22. The number of fused-ring (bicyclic) bond motifs is 1. The summed E-state index contributed by atoms with van der Waals surface area (Å²) >= 11 is 0. The fourth-order valence-corrected chi connectivity index (χ4v) is 3.10. The lowest BCUT2D eigenvalue weighted by molar-refractivity contribution is -0.153. The molecule has 0 fully saturated rings. The molecule has 1 unspecified atom stereocenters. The van der Waals surface area contributed by atoms with E-state index in [-0.39, 0.29) is 13.3 Å². The van der Waals surface area contributed by atoms with Crippen molar-refractivity contribution in [3.8, 4) is 11.5 Å². The fourth-order valence-electron chi connectivity index (χ4n) is 3.10. The average molecular weight is 432 g/mol. The number of amides is 2. The van der Waals surface area contributed by atoms with E-state index >= 15 is 0 Å². The van der Waals surface area contributed by atoms with Gasteiger partial charge in [0, 0.05) is 22.9 Å². The Morgan fingerprint density at radius 3 is 2.31 bits per heavy atom. The van der Waals surface area contributed by atoms with Gasteiger partial charge in [0.2, 0.25) is 12.9 Å². The third kappa shape index (κ3) is 5.04. The molecule has 162 valence electrons. The first kappa shape index (κ1) is 20.9. The maximum Gasteiger partial charge on any atom is 0.326 e. The number of rotatable bonds is 7. The number of hydrogen-bond donors (Lipinski definition) is 2. The van der Waals surface area contributed by atoms with Crippen LogP contribution < -0.4 is 20.1 Å². The van der Waals surface area contributed by atoms with Crippen LogP contribution in [0.4, 0.5) is 5.69 Å². The highest BCUT2D eigenvalue weighted by molar-refractivity contribution is 5.98. The monoisotopic (exact) mass is 432 g/mol. The molecule has 1 aliphatic rings. The second-order valence-electron chi connectivity index (χ2n) is 6.89. The van der Waals surface area contributed by atoms with Crippen LogP contribution in [0.25, 0.3) is 0 Å². The van der Waals surface area contributed by atoms with Gasteiger partial charge in [-0.25, -0.2) is 0 Å². The number of carbonyl (C=O) groups is 3. The van der Waals surface area contributed by atoms with Crippen molar-refractivity contribution in [1.82, 2.24) is 5.32 Å². The topological polar surface area (TPSA) is 103 Å². The summed E-state index contributed by atoms with van der Waals surface area (Å²) in [5.41, 5.74) is 1.38. The van der Waals surface area contributed by atoms with Crippen LogP contribution in [0.1, 0.15) is 22.0 Å². The van der Waals surface area contributed by atoms with Gasteiger partial charge in [0.25, 0.3) is 11.8 Å². The molecule has 0 aromatic heterocycles.